The molecule has 0 bridgehead atoms. The fourth-order valence-electron chi connectivity index (χ4n) is 1.73. The summed E-state index contributed by atoms with van der Waals surface area (Å²) in [5, 5.41) is 12.5. The van der Waals surface area contributed by atoms with Crippen LogP contribution >= 0.6 is 11.3 Å². The monoisotopic (exact) mass is 274 g/mol. The largest absolute Gasteiger partial charge is 0.469 e. The van der Waals surface area contributed by atoms with E-state index in [4.69, 9.17) is 9.68 Å². The first-order valence-electron chi connectivity index (χ1n) is 5.94. The summed E-state index contributed by atoms with van der Waals surface area (Å²) in [6.07, 6.45) is 2.49. The van der Waals surface area contributed by atoms with E-state index in [0.717, 1.165) is 16.2 Å². The Morgan fingerprint density at radius 2 is 2.32 bits per heavy atom. The van der Waals surface area contributed by atoms with Crippen LogP contribution in [0.1, 0.15) is 28.2 Å². The van der Waals surface area contributed by atoms with Crippen molar-refractivity contribution in [2.45, 2.75) is 26.7 Å². The van der Waals surface area contributed by atoms with E-state index in [1.807, 2.05) is 19.9 Å². The van der Waals surface area contributed by atoms with Crippen molar-refractivity contribution in [3.8, 4) is 6.07 Å². The van der Waals surface area contributed by atoms with Crippen LogP contribution in [0, 0.1) is 25.2 Å². The molecule has 4 nitrogen and oxygen atoms in total. The molecule has 0 aliphatic carbocycles. The average Bonchev–Trinajstić information content (AvgIpc) is 2.97. The summed E-state index contributed by atoms with van der Waals surface area (Å²) in [6.45, 7) is 3.84. The molecule has 1 N–H and O–H groups in total. The summed E-state index contributed by atoms with van der Waals surface area (Å²) >= 11 is 1.44. The van der Waals surface area contributed by atoms with Crippen LogP contribution in [0.3, 0.4) is 0 Å². The number of nitrogens with one attached hydrogen (secondary N) is 1. The molecular weight excluding hydrogens is 260 g/mol. The lowest BCUT2D eigenvalue weighted by atomic mass is 10.2. The number of aryl methyl sites for hydroxylation is 2. The number of rotatable bonds is 4. The van der Waals surface area contributed by atoms with Gasteiger partial charge in [-0.25, -0.2) is 0 Å². The van der Waals surface area contributed by atoms with E-state index in [1.54, 1.807) is 12.3 Å². The second kappa shape index (κ2) is 5.72. The van der Waals surface area contributed by atoms with Crippen LogP contribution in [0.2, 0.25) is 0 Å². The van der Waals surface area contributed by atoms with Gasteiger partial charge in [-0.2, -0.15) is 5.26 Å². The highest BCUT2D eigenvalue weighted by molar-refractivity contribution is 7.16. The SMILES string of the molecule is Cc1sc(NC(=O)CCc2ccco2)c(C#N)c1C. The topological polar surface area (TPSA) is 66.0 Å². The molecule has 0 spiro atoms. The quantitative estimate of drug-likeness (QED) is 0.929. The molecule has 0 saturated carbocycles. The summed E-state index contributed by atoms with van der Waals surface area (Å²) in [6, 6.07) is 5.78. The first kappa shape index (κ1) is 13.4. The van der Waals surface area contributed by atoms with E-state index in [-0.39, 0.29) is 5.91 Å². The third-order valence-corrected chi connectivity index (χ3v) is 4.05. The highest BCUT2D eigenvalue weighted by Crippen LogP contribution is 2.31. The van der Waals surface area contributed by atoms with Gasteiger partial charge in [0.1, 0.15) is 16.8 Å². The molecule has 0 aliphatic heterocycles. The zero-order valence-corrected chi connectivity index (χ0v) is 11.6. The minimum atomic E-state index is -0.103. The maximum Gasteiger partial charge on any atom is 0.225 e. The number of amides is 1. The summed E-state index contributed by atoms with van der Waals surface area (Å²) in [5.41, 5.74) is 1.50. The predicted molar refractivity (Wildman–Crippen MR) is 74.2 cm³/mol. The highest BCUT2D eigenvalue weighted by Gasteiger charge is 2.14. The lowest BCUT2D eigenvalue weighted by Gasteiger charge is -2.02. The molecule has 0 atom stereocenters. The van der Waals surface area contributed by atoms with Gasteiger partial charge in [-0.1, -0.05) is 0 Å². The fourth-order valence-corrected chi connectivity index (χ4v) is 2.76. The Balaban J connectivity index is 1.99. The minimum absolute atomic E-state index is 0.103. The molecule has 0 aromatic carbocycles. The second-order valence-corrected chi connectivity index (χ2v) is 5.45. The summed E-state index contributed by atoms with van der Waals surface area (Å²) in [4.78, 5) is 12.9. The zero-order chi connectivity index (χ0) is 13.8. The molecule has 19 heavy (non-hydrogen) atoms. The molecular formula is C14H14N2O2S. The third-order valence-electron chi connectivity index (χ3n) is 2.93. The Bertz CT molecular complexity index is 621. The van der Waals surface area contributed by atoms with Gasteiger partial charge in [0.25, 0.3) is 0 Å². The molecule has 2 aromatic rings. The van der Waals surface area contributed by atoms with Crippen LogP contribution < -0.4 is 5.32 Å². The molecule has 5 heteroatoms. The van der Waals surface area contributed by atoms with Crippen molar-refractivity contribution in [1.29, 1.82) is 5.26 Å². The molecule has 2 heterocycles. The van der Waals surface area contributed by atoms with Gasteiger partial charge in [-0.3, -0.25) is 4.79 Å². The third kappa shape index (κ3) is 3.04. The predicted octanol–water partition coefficient (Wildman–Crippen LogP) is 3.40. The van der Waals surface area contributed by atoms with Crippen molar-refractivity contribution in [2.24, 2.45) is 0 Å². The number of nitriles is 1. The van der Waals surface area contributed by atoms with Crippen molar-refractivity contribution in [3.05, 3.63) is 40.2 Å². The van der Waals surface area contributed by atoms with Crippen molar-refractivity contribution >= 4 is 22.2 Å². The van der Waals surface area contributed by atoms with E-state index >= 15 is 0 Å². The van der Waals surface area contributed by atoms with Crippen LogP contribution in [0.25, 0.3) is 0 Å². The zero-order valence-electron chi connectivity index (χ0n) is 10.8. The highest BCUT2D eigenvalue weighted by atomic mass is 32.1. The molecule has 0 saturated heterocycles. The molecule has 1 amide bonds. The second-order valence-electron chi connectivity index (χ2n) is 4.23. The molecule has 2 rings (SSSR count). The Kier molecular flexibility index (Phi) is 4.03. The molecule has 0 aliphatic rings. The maximum atomic E-state index is 11.8. The van der Waals surface area contributed by atoms with Crippen LogP contribution in [-0.4, -0.2) is 5.91 Å². The average molecular weight is 274 g/mol. The van der Waals surface area contributed by atoms with E-state index in [2.05, 4.69) is 11.4 Å². The van der Waals surface area contributed by atoms with Gasteiger partial charge in [-0.15, -0.1) is 11.3 Å². The number of nitrogens with zero attached hydrogens (tertiary/aromatic N) is 1. The van der Waals surface area contributed by atoms with Crippen molar-refractivity contribution in [2.75, 3.05) is 5.32 Å². The number of furan rings is 1. The van der Waals surface area contributed by atoms with E-state index in [9.17, 15) is 4.79 Å². The number of carbonyl (C=O) groups excluding carboxylic acids is 1. The summed E-state index contributed by atoms with van der Waals surface area (Å²) < 4.78 is 5.17. The molecule has 2 aromatic heterocycles. The van der Waals surface area contributed by atoms with E-state index in [0.29, 0.717) is 23.4 Å². The molecule has 98 valence electrons. The van der Waals surface area contributed by atoms with Crippen LogP contribution in [0.5, 0.6) is 0 Å². The van der Waals surface area contributed by atoms with Gasteiger partial charge in [0, 0.05) is 17.7 Å². The van der Waals surface area contributed by atoms with E-state index < -0.39 is 0 Å². The Morgan fingerprint density at radius 3 is 2.95 bits per heavy atom. The maximum absolute atomic E-state index is 11.8. The van der Waals surface area contributed by atoms with Crippen LogP contribution in [-0.2, 0) is 11.2 Å². The fraction of sp³-hybridized carbons (Fsp3) is 0.286. The minimum Gasteiger partial charge on any atom is -0.469 e. The van der Waals surface area contributed by atoms with Crippen molar-refractivity contribution < 1.29 is 9.21 Å². The van der Waals surface area contributed by atoms with Crippen LogP contribution in [0.15, 0.2) is 22.8 Å². The van der Waals surface area contributed by atoms with Gasteiger partial charge in [0.2, 0.25) is 5.91 Å². The smallest absolute Gasteiger partial charge is 0.225 e. The van der Waals surface area contributed by atoms with Gasteiger partial charge in [-0.05, 0) is 31.5 Å². The van der Waals surface area contributed by atoms with Crippen molar-refractivity contribution in [3.63, 3.8) is 0 Å². The number of hydrogen-bond donors (Lipinski definition) is 1. The van der Waals surface area contributed by atoms with Gasteiger partial charge in [0.15, 0.2) is 0 Å². The van der Waals surface area contributed by atoms with Crippen LogP contribution in [0.4, 0.5) is 5.00 Å². The number of hydrogen-bond acceptors (Lipinski definition) is 4. The van der Waals surface area contributed by atoms with Gasteiger partial charge in [0.05, 0.1) is 11.8 Å². The lowest BCUT2D eigenvalue weighted by molar-refractivity contribution is -0.116. The first-order valence-corrected chi connectivity index (χ1v) is 6.75. The number of carbonyl (C=O) groups is 1. The Hall–Kier alpha value is -2.06. The molecule has 0 radical (unpaired) electrons. The van der Waals surface area contributed by atoms with Gasteiger partial charge >= 0.3 is 0 Å². The summed E-state index contributed by atoms with van der Waals surface area (Å²) in [5.74, 6) is 0.684. The molecule has 0 fully saturated rings. The number of thiophene rings is 1. The standard InChI is InChI=1S/C14H14N2O2S/c1-9-10(2)19-14(12(9)8-15)16-13(17)6-5-11-4-3-7-18-11/h3-4,7H,5-6H2,1-2H3,(H,16,17). The van der Waals surface area contributed by atoms with E-state index in [1.165, 1.54) is 11.3 Å². The number of anilines is 1. The Labute approximate surface area is 115 Å². The normalized spacial score (nSPS) is 10.2. The molecule has 0 unspecified atom stereocenters. The Morgan fingerprint density at radius 1 is 1.53 bits per heavy atom. The lowest BCUT2D eigenvalue weighted by Crippen LogP contribution is -2.12. The van der Waals surface area contributed by atoms with Gasteiger partial charge < -0.3 is 9.73 Å². The van der Waals surface area contributed by atoms with Crippen molar-refractivity contribution in [1.82, 2.24) is 0 Å². The first-order chi connectivity index (χ1) is 9.11. The summed E-state index contributed by atoms with van der Waals surface area (Å²) in [7, 11) is 0.